The highest BCUT2D eigenvalue weighted by Crippen LogP contribution is 2.33. The Morgan fingerprint density at radius 3 is 2.57 bits per heavy atom. The van der Waals surface area contributed by atoms with Gasteiger partial charge in [0.25, 0.3) is 0 Å². The molecular weight excluding hydrogens is 258 g/mol. The van der Waals surface area contributed by atoms with E-state index in [4.69, 9.17) is 4.74 Å². The second kappa shape index (κ2) is 7.84. The molecule has 0 aliphatic heterocycles. The standard InChI is InChI=1S/C19H25NO/c1-4-12-21-19-9-7-6-8-17(19)18-13-15(3)10-11-16(18)14-20-5-2/h6-11,13,20H,4-5,12,14H2,1-3H3. The van der Waals surface area contributed by atoms with Gasteiger partial charge in [-0.15, -0.1) is 0 Å². The molecule has 2 heteroatoms. The van der Waals surface area contributed by atoms with Crippen LogP contribution in [0.2, 0.25) is 0 Å². The molecule has 0 aliphatic rings. The zero-order valence-corrected chi connectivity index (χ0v) is 13.3. The Labute approximate surface area is 128 Å². The van der Waals surface area contributed by atoms with Crippen LogP contribution < -0.4 is 10.1 Å². The number of hydrogen-bond acceptors (Lipinski definition) is 2. The van der Waals surface area contributed by atoms with Gasteiger partial charge >= 0.3 is 0 Å². The van der Waals surface area contributed by atoms with Gasteiger partial charge in [-0.05, 0) is 37.1 Å². The van der Waals surface area contributed by atoms with Gasteiger partial charge in [0.1, 0.15) is 5.75 Å². The van der Waals surface area contributed by atoms with E-state index in [1.807, 2.05) is 6.07 Å². The molecule has 0 bridgehead atoms. The van der Waals surface area contributed by atoms with E-state index in [1.54, 1.807) is 0 Å². The van der Waals surface area contributed by atoms with Gasteiger partial charge in [0.05, 0.1) is 6.61 Å². The lowest BCUT2D eigenvalue weighted by Gasteiger charge is -2.15. The first kappa shape index (κ1) is 15.6. The van der Waals surface area contributed by atoms with Gasteiger partial charge < -0.3 is 10.1 Å². The summed E-state index contributed by atoms with van der Waals surface area (Å²) in [6.07, 6.45) is 1.02. The minimum Gasteiger partial charge on any atom is -0.493 e. The predicted molar refractivity (Wildman–Crippen MR) is 89.8 cm³/mol. The molecule has 2 nitrogen and oxygen atoms in total. The molecule has 0 heterocycles. The van der Waals surface area contributed by atoms with Crippen LogP contribution in [0.4, 0.5) is 0 Å². The van der Waals surface area contributed by atoms with Gasteiger partial charge in [0.2, 0.25) is 0 Å². The van der Waals surface area contributed by atoms with Crippen molar-refractivity contribution in [3.05, 3.63) is 53.6 Å². The fourth-order valence-corrected chi connectivity index (χ4v) is 2.38. The Morgan fingerprint density at radius 2 is 1.81 bits per heavy atom. The predicted octanol–water partition coefficient (Wildman–Crippen LogP) is 4.56. The van der Waals surface area contributed by atoms with Crippen molar-refractivity contribution in [1.29, 1.82) is 0 Å². The number of nitrogens with one attached hydrogen (secondary N) is 1. The van der Waals surface area contributed by atoms with Crippen molar-refractivity contribution in [3.8, 4) is 16.9 Å². The molecule has 0 unspecified atom stereocenters. The molecule has 2 aromatic carbocycles. The molecule has 0 saturated carbocycles. The minimum absolute atomic E-state index is 0.755. The second-order valence-electron chi connectivity index (χ2n) is 5.29. The summed E-state index contributed by atoms with van der Waals surface area (Å²) >= 11 is 0. The fourth-order valence-electron chi connectivity index (χ4n) is 2.38. The van der Waals surface area contributed by atoms with Crippen LogP contribution in [-0.4, -0.2) is 13.2 Å². The molecule has 2 rings (SSSR count). The average molecular weight is 283 g/mol. The van der Waals surface area contributed by atoms with Crippen LogP contribution in [0.15, 0.2) is 42.5 Å². The van der Waals surface area contributed by atoms with E-state index in [2.05, 4.69) is 62.5 Å². The molecule has 0 aliphatic carbocycles. The van der Waals surface area contributed by atoms with Crippen LogP contribution in [-0.2, 0) is 6.54 Å². The number of ether oxygens (including phenoxy) is 1. The molecule has 0 radical (unpaired) electrons. The quantitative estimate of drug-likeness (QED) is 0.804. The smallest absolute Gasteiger partial charge is 0.127 e. The van der Waals surface area contributed by atoms with Crippen LogP contribution >= 0.6 is 0 Å². The van der Waals surface area contributed by atoms with Gasteiger partial charge in [-0.2, -0.15) is 0 Å². The average Bonchev–Trinajstić information content (AvgIpc) is 2.52. The third-order valence-electron chi connectivity index (χ3n) is 3.47. The first-order valence-corrected chi connectivity index (χ1v) is 7.78. The maximum absolute atomic E-state index is 5.92. The third kappa shape index (κ3) is 4.08. The number of aryl methyl sites for hydroxylation is 1. The minimum atomic E-state index is 0.755. The molecule has 0 spiro atoms. The molecule has 21 heavy (non-hydrogen) atoms. The Morgan fingerprint density at radius 1 is 1.00 bits per heavy atom. The van der Waals surface area contributed by atoms with E-state index in [9.17, 15) is 0 Å². The Balaban J connectivity index is 2.42. The van der Waals surface area contributed by atoms with E-state index in [0.29, 0.717) is 0 Å². The maximum atomic E-state index is 5.92. The molecule has 2 aromatic rings. The van der Waals surface area contributed by atoms with Gasteiger partial charge in [-0.3, -0.25) is 0 Å². The normalized spacial score (nSPS) is 10.6. The van der Waals surface area contributed by atoms with Crippen LogP contribution in [0.3, 0.4) is 0 Å². The lowest BCUT2D eigenvalue weighted by Crippen LogP contribution is -2.12. The summed E-state index contributed by atoms with van der Waals surface area (Å²) in [5.41, 5.74) is 5.04. The van der Waals surface area contributed by atoms with Crippen molar-refractivity contribution in [3.63, 3.8) is 0 Å². The summed E-state index contributed by atoms with van der Waals surface area (Å²) in [5, 5.41) is 3.42. The topological polar surface area (TPSA) is 21.3 Å². The largest absolute Gasteiger partial charge is 0.493 e. The fraction of sp³-hybridized carbons (Fsp3) is 0.368. The summed E-state index contributed by atoms with van der Waals surface area (Å²) in [5.74, 6) is 0.975. The Kier molecular flexibility index (Phi) is 5.82. The zero-order chi connectivity index (χ0) is 15.1. The molecule has 1 N–H and O–H groups in total. The van der Waals surface area contributed by atoms with Crippen molar-refractivity contribution < 1.29 is 4.74 Å². The molecule has 112 valence electrons. The van der Waals surface area contributed by atoms with E-state index >= 15 is 0 Å². The van der Waals surface area contributed by atoms with Gasteiger partial charge in [0, 0.05) is 12.1 Å². The maximum Gasteiger partial charge on any atom is 0.127 e. The highest BCUT2D eigenvalue weighted by Gasteiger charge is 2.10. The van der Waals surface area contributed by atoms with Crippen molar-refractivity contribution in [2.24, 2.45) is 0 Å². The summed E-state index contributed by atoms with van der Waals surface area (Å²) in [6.45, 7) is 9.01. The van der Waals surface area contributed by atoms with Crippen molar-refractivity contribution in [2.45, 2.75) is 33.7 Å². The van der Waals surface area contributed by atoms with Crippen molar-refractivity contribution in [1.82, 2.24) is 5.32 Å². The van der Waals surface area contributed by atoms with E-state index in [1.165, 1.54) is 22.3 Å². The highest BCUT2D eigenvalue weighted by atomic mass is 16.5. The van der Waals surface area contributed by atoms with Gasteiger partial charge in [-0.25, -0.2) is 0 Å². The van der Waals surface area contributed by atoms with Crippen LogP contribution in [0, 0.1) is 6.92 Å². The number of para-hydroxylation sites is 1. The molecule has 0 aromatic heterocycles. The lowest BCUT2D eigenvalue weighted by molar-refractivity contribution is 0.318. The van der Waals surface area contributed by atoms with E-state index in [0.717, 1.165) is 31.9 Å². The van der Waals surface area contributed by atoms with E-state index < -0.39 is 0 Å². The van der Waals surface area contributed by atoms with E-state index in [-0.39, 0.29) is 0 Å². The Hall–Kier alpha value is -1.80. The van der Waals surface area contributed by atoms with Crippen molar-refractivity contribution >= 4 is 0 Å². The SMILES string of the molecule is CCCOc1ccccc1-c1cc(C)ccc1CNCC. The number of rotatable bonds is 7. The van der Waals surface area contributed by atoms with Crippen LogP contribution in [0.5, 0.6) is 5.75 Å². The second-order valence-corrected chi connectivity index (χ2v) is 5.29. The van der Waals surface area contributed by atoms with Gasteiger partial charge in [-0.1, -0.05) is 55.8 Å². The molecule has 0 atom stereocenters. The highest BCUT2D eigenvalue weighted by molar-refractivity contribution is 5.74. The van der Waals surface area contributed by atoms with Gasteiger partial charge in [0.15, 0.2) is 0 Å². The zero-order valence-electron chi connectivity index (χ0n) is 13.3. The summed E-state index contributed by atoms with van der Waals surface area (Å²) in [6, 6.07) is 15.0. The first-order chi connectivity index (χ1) is 10.3. The van der Waals surface area contributed by atoms with Crippen molar-refractivity contribution in [2.75, 3.05) is 13.2 Å². The molecule has 0 fully saturated rings. The number of hydrogen-bond donors (Lipinski definition) is 1. The van der Waals surface area contributed by atoms with Crippen LogP contribution in [0.1, 0.15) is 31.4 Å². The summed E-state index contributed by atoms with van der Waals surface area (Å²) in [4.78, 5) is 0. The molecule has 0 saturated heterocycles. The number of benzene rings is 2. The molecule has 0 amide bonds. The first-order valence-electron chi connectivity index (χ1n) is 7.78. The third-order valence-corrected chi connectivity index (χ3v) is 3.47. The van der Waals surface area contributed by atoms with Crippen LogP contribution in [0.25, 0.3) is 11.1 Å². The lowest BCUT2D eigenvalue weighted by atomic mass is 9.96. The Bertz CT molecular complexity index is 578. The summed E-state index contributed by atoms with van der Waals surface area (Å²) in [7, 11) is 0. The summed E-state index contributed by atoms with van der Waals surface area (Å²) < 4.78 is 5.92. The monoisotopic (exact) mass is 283 g/mol. The molecular formula is C19H25NO.